The van der Waals surface area contributed by atoms with Crippen molar-refractivity contribution in [3.63, 3.8) is 0 Å². The normalized spacial score (nSPS) is 12.1. The molecule has 250 valence electrons. The van der Waals surface area contributed by atoms with Crippen molar-refractivity contribution in [3.8, 4) is 33.4 Å². The molecule has 2 heterocycles. The molecule has 12 aromatic rings. The lowest BCUT2D eigenvalue weighted by Gasteiger charge is -2.19. The van der Waals surface area contributed by atoms with E-state index in [-0.39, 0.29) is 0 Å². The van der Waals surface area contributed by atoms with Gasteiger partial charge in [-0.3, -0.25) is 0 Å². The predicted molar refractivity (Wildman–Crippen MR) is 227 cm³/mol. The van der Waals surface area contributed by atoms with Crippen LogP contribution < -0.4 is 0 Å². The molecule has 2 aromatic heterocycles. The van der Waals surface area contributed by atoms with Gasteiger partial charge in [0.15, 0.2) is 0 Å². The highest BCUT2D eigenvalue weighted by molar-refractivity contribution is 6.30. The summed E-state index contributed by atoms with van der Waals surface area (Å²) >= 11 is 0. The average Bonchev–Trinajstić information content (AvgIpc) is 3.81. The van der Waals surface area contributed by atoms with Crippen molar-refractivity contribution in [3.05, 3.63) is 182 Å². The zero-order valence-electron chi connectivity index (χ0n) is 29.1. The minimum absolute atomic E-state index is 0.823. The van der Waals surface area contributed by atoms with Gasteiger partial charge in [0, 0.05) is 16.2 Å². The third kappa shape index (κ3) is 4.11. The van der Waals surface area contributed by atoms with Crippen LogP contribution in [0.25, 0.3) is 120 Å². The molecule has 54 heavy (non-hydrogen) atoms. The summed E-state index contributed by atoms with van der Waals surface area (Å²) in [5, 5.41) is 14.1. The number of hydrogen-bond donors (Lipinski definition) is 0. The third-order valence-electron chi connectivity index (χ3n) is 11.4. The van der Waals surface area contributed by atoms with E-state index in [1.165, 1.54) is 60.0 Å². The Balaban J connectivity index is 1.16. The van der Waals surface area contributed by atoms with E-state index in [0.717, 1.165) is 60.4 Å². The molecule has 0 saturated carbocycles. The highest BCUT2D eigenvalue weighted by atomic mass is 16.3. The summed E-state index contributed by atoms with van der Waals surface area (Å²) in [5.41, 5.74) is 10.5. The van der Waals surface area contributed by atoms with Crippen LogP contribution in [0.1, 0.15) is 0 Å². The second-order valence-electron chi connectivity index (χ2n) is 14.3. The monoisotopic (exact) mass is 686 g/mol. The summed E-state index contributed by atoms with van der Waals surface area (Å²) in [6.07, 6.45) is 0. The number of benzene rings is 10. The topological polar surface area (TPSA) is 26.3 Å². The van der Waals surface area contributed by atoms with E-state index in [1.54, 1.807) is 0 Å². The van der Waals surface area contributed by atoms with Gasteiger partial charge in [0.1, 0.15) is 22.3 Å². The summed E-state index contributed by atoms with van der Waals surface area (Å²) in [7, 11) is 0. The van der Waals surface area contributed by atoms with Gasteiger partial charge in [0.05, 0.1) is 5.39 Å². The van der Waals surface area contributed by atoms with Gasteiger partial charge in [-0.25, -0.2) is 0 Å². The fourth-order valence-corrected chi connectivity index (χ4v) is 9.15. The van der Waals surface area contributed by atoms with E-state index in [4.69, 9.17) is 8.83 Å². The van der Waals surface area contributed by atoms with Crippen LogP contribution in [0.3, 0.4) is 0 Å². The van der Waals surface area contributed by atoms with E-state index in [2.05, 4.69) is 176 Å². The minimum atomic E-state index is 0.823. The van der Waals surface area contributed by atoms with E-state index >= 15 is 0 Å². The molecule has 0 fully saturated rings. The van der Waals surface area contributed by atoms with Crippen molar-refractivity contribution in [2.24, 2.45) is 0 Å². The molecule has 0 spiro atoms. The SMILES string of the molecule is c1cc(-c2c3ccccc3c(-c3cccc4ccccc34)c3ccccc23)cc(-c2cc3oc4ccc5ccccc5c4c3c3oc4ccccc4c23)c1. The summed E-state index contributed by atoms with van der Waals surface area (Å²) in [6.45, 7) is 0. The van der Waals surface area contributed by atoms with Gasteiger partial charge in [-0.15, -0.1) is 0 Å². The van der Waals surface area contributed by atoms with Crippen molar-refractivity contribution in [1.29, 1.82) is 0 Å². The van der Waals surface area contributed by atoms with Crippen molar-refractivity contribution in [2.45, 2.75) is 0 Å². The lowest BCUT2D eigenvalue weighted by molar-refractivity contribution is 0.663. The van der Waals surface area contributed by atoms with Crippen molar-refractivity contribution in [2.75, 3.05) is 0 Å². The van der Waals surface area contributed by atoms with Crippen molar-refractivity contribution in [1.82, 2.24) is 0 Å². The molecule has 0 atom stereocenters. The first-order valence-electron chi connectivity index (χ1n) is 18.5. The van der Waals surface area contributed by atoms with Crippen molar-refractivity contribution < 1.29 is 8.83 Å². The molecule has 0 N–H and O–H groups in total. The van der Waals surface area contributed by atoms with Gasteiger partial charge >= 0.3 is 0 Å². The minimum Gasteiger partial charge on any atom is -0.456 e. The summed E-state index contributed by atoms with van der Waals surface area (Å²) in [4.78, 5) is 0. The molecule has 0 aliphatic heterocycles. The van der Waals surface area contributed by atoms with Gasteiger partial charge < -0.3 is 8.83 Å². The van der Waals surface area contributed by atoms with Crippen LogP contribution in [0.2, 0.25) is 0 Å². The predicted octanol–water partition coefficient (Wildman–Crippen LogP) is 15.1. The van der Waals surface area contributed by atoms with Gasteiger partial charge in [-0.05, 0) is 101 Å². The molecule has 2 nitrogen and oxygen atoms in total. The first-order chi connectivity index (χ1) is 26.8. The van der Waals surface area contributed by atoms with Crippen LogP contribution in [0.15, 0.2) is 191 Å². The molecule has 0 aliphatic rings. The summed E-state index contributed by atoms with van der Waals surface area (Å²) < 4.78 is 13.5. The van der Waals surface area contributed by atoms with Crippen LogP contribution in [-0.4, -0.2) is 0 Å². The molecule has 0 bridgehead atoms. The van der Waals surface area contributed by atoms with Gasteiger partial charge in [0.25, 0.3) is 0 Å². The number of rotatable bonds is 3. The highest BCUT2D eigenvalue weighted by Crippen LogP contribution is 2.48. The molecule has 0 saturated heterocycles. The summed E-state index contributed by atoms with van der Waals surface area (Å²) in [6, 6.07) is 65.5. The molecule has 10 aromatic carbocycles. The van der Waals surface area contributed by atoms with E-state index in [9.17, 15) is 0 Å². The molecule has 0 radical (unpaired) electrons. The van der Waals surface area contributed by atoms with E-state index in [1.807, 2.05) is 6.07 Å². The Morgan fingerprint density at radius 2 is 0.852 bits per heavy atom. The molecule has 0 amide bonds. The Morgan fingerprint density at radius 3 is 1.61 bits per heavy atom. The highest BCUT2D eigenvalue weighted by Gasteiger charge is 2.23. The van der Waals surface area contributed by atoms with Gasteiger partial charge in [-0.2, -0.15) is 0 Å². The molecule has 2 heteroatoms. The Bertz CT molecular complexity index is 3440. The van der Waals surface area contributed by atoms with Crippen LogP contribution in [0, 0.1) is 0 Å². The second-order valence-corrected chi connectivity index (χ2v) is 14.3. The largest absolute Gasteiger partial charge is 0.456 e. The molecular weight excluding hydrogens is 657 g/mol. The number of furan rings is 2. The van der Waals surface area contributed by atoms with Crippen molar-refractivity contribution >= 4 is 87.0 Å². The Kier molecular flexibility index (Phi) is 6.09. The first-order valence-corrected chi connectivity index (χ1v) is 18.5. The van der Waals surface area contributed by atoms with E-state index < -0.39 is 0 Å². The Labute approximate surface area is 310 Å². The van der Waals surface area contributed by atoms with Crippen LogP contribution in [0.4, 0.5) is 0 Å². The fraction of sp³-hybridized carbons (Fsp3) is 0. The number of fused-ring (bicyclic) bond motifs is 12. The van der Waals surface area contributed by atoms with E-state index in [0.29, 0.717) is 0 Å². The third-order valence-corrected chi connectivity index (χ3v) is 11.4. The fourth-order valence-electron chi connectivity index (χ4n) is 9.15. The summed E-state index contributed by atoms with van der Waals surface area (Å²) in [5.74, 6) is 0. The first kappa shape index (κ1) is 29.4. The molecule has 0 unspecified atom stereocenters. The second kappa shape index (κ2) is 11.2. The van der Waals surface area contributed by atoms with Crippen LogP contribution in [0.5, 0.6) is 0 Å². The Morgan fingerprint density at radius 1 is 0.278 bits per heavy atom. The molecular formula is C52H30O2. The zero-order valence-corrected chi connectivity index (χ0v) is 29.1. The van der Waals surface area contributed by atoms with Crippen LogP contribution in [-0.2, 0) is 0 Å². The maximum absolute atomic E-state index is 6.80. The average molecular weight is 687 g/mol. The standard InChI is InChI=1S/C52H30O2/c1-3-18-35-31(13-1)15-12-25-37(35)48-40-22-7-5-20-38(40)47(39-21-6-8-23-41(39)48)34-17-11-16-33(29-34)43-30-46-51(52-49(43)42-24-9-10-26-44(42)54-52)50-36-19-4-2-14-32(36)27-28-45(50)53-46/h1-30H. The number of hydrogen-bond acceptors (Lipinski definition) is 2. The maximum Gasteiger partial charge on any atom is 0.147 e. The molecule has 12 rings (SSSR count). The lowest BCUT2D eigenvalue weighted by atomic mass is 9.84. The Hall–Kier alpha value is -7.16. The maximum atomic E-state index is 6.80. The zero-order chi connectivity index (χ0) is 35.3. The quantitative estimate of drug-likeness (QED) is 0.173. The lowest BCUT2D eigenvalue weighted by Crippen LogP contribution is -1.92. The van der Waals surface area contributed by atoms with Gasteiger partial charge in [0.2, 0.25) is 0 Å². The number of para-hydroxylation sites is 1. The molecule has 0 aliphatic carbocycles. The van der Waals surface area contributed by atoms with Gasteiger partial charge in [-0.1, -0.05) is 158 Å². The smallest absolute Gasteiger partial charge is 0.147 e. The van der Waals surface area contributed by atoms with Crippen LogP contribution >= 0.6 is 0 Å².